The molecule has 0 saturated carbocycles. The Morgan fingerprint density at radius 1 is 1.28 bits per heavy atom. The lowest BCUT2D eigenvalue weighted by atomic mass is 9.99. The molecule has 0 aromatic heterocycles. The number of rotatable bonds is 4. The molecule has 0 unspecified atom stereocenters. The Morgan fingerprint density at radius 3 is 2.64 bits per heavy atom. The molecule has 0 atom stereocenters. The van der Waals surface area contributed by atoms with Gasteiger partial charge in [-0.3, -0.25) is 9.59 Å². The van der Waals surface area contributed by atoms with Crippen LogP contribution in [0.4, 0.5) is 5.69 Å². The van der Waals surface area contributed by atoms with E-state index in [1.54, 1.807) is 18.0 Å². The van der Waals surface area contributed by atoms with Gasteiger partial charge in [-0.25, -0.2) is 13.1 Å². The van der Waals surface area contributed by atoms with Crippen molar-refractivity contribution in [2.75, 3.05) is 31.6 Å². The number of carbonyl (C=O) groups is 2. The average molecular weight is 365 g/mol. The van der Waals surface area contributed by atoms with E-state index in [1.807, 2.05) is 0 Å². The second-order valence-electron chi connectivity index (χ2n) is 6.81. The molecule has 0 bridgehead atoms. The number of benzene rings is 1. The Hall–Kier alpha value is -1.93. The number of piperidine rings is 1. The number of hydrogen-bond acceptors (Lipinski definition) is 4. The Bertz CT molecular complexity index is 798. The van der Waals surface area contributed by atoms with Crippen LogP contribution in [0, 0.1) is 5.92 Å². The van der Waals surface area contributed by atoms with Crippen molar-refractivity contribution >= 4 is 27.5 Å². The predicted molar refractivity (Wildman–Crippen MR) is 93.7 cm³/mol. The SMILES string of the molecule is CC1CCN(C(=O)CNS(=O)(=O)c2ccc3c(c2)CC(=O)N3C)CC1. The highest BCUT2D eigenvalue weighted by Crippen LogP contribution is 2.29. The van der Waals surface area contributed by atoms with Crippen molar-refractivity contribution in [1.82, 2.24) is 9.62 Å². The first-order valence-electron chi connectivity index (χ1n) is 8.45. The summed E-state index contributed by atoms with van der Waals surface area (Å²) < 4.78 is 27.3. The summed E-state index contributed by atoms with van der Waals surface area (Å²) in [5.74, 6) is 0.339. The zero-order valence-electron chi connectivity index (χ0n) is 14.5. The van der Waals surface area contributed by atoms with Crippen molar-refractivity contribution in [1.29, 1.82) is 0 Å². The van der Waals surface area contributed by atoms with Gasteiger partial charge in [0, 0.05) is 25.8 Å². The first kappa shape index (κ1) is 17.9. The molecule has 2 aliphatic heterocycles. The monoisotopic (exact) mass is 365 g/mol. The Labute approximate surface area is 148 Å². The van der Waals surface area contributed by atoms with E-state index in [0.717, 1.165) is 18.5 Å². The third-order valence-corrected chi connectivity index (χ3v) is 6.39. The molecule has 3 rings (SSSR count). The topological polar surface area (TPSA) is 86.8 Å². The second kappa shape index (κ2) is 6.76. The Kier molecular flexibility index (Phi) is 4.83. The van der Waals surface area contributed by atoms with Gasteiger partial charge >= 0.3 is 0 Å². The van der Waals surface area contributed by atoms with Gasteiger partial charge in [0.15, 0.2) is 0 Å². The summed E-state index contributed by atoms with van der Waals surface area (Å²) in [5.41, 5.74) is 1.41. The van der Waals surface area contributed by atoms with Gasteiger partial charge in [-0.15, -0.1) is 0 Å². The zero-order chi connectivity index (χ0) is 18.2. The lowest BCUT2D eigenvalue weighted by Gasteiger charge is -2.30. The molecule has 7 nitrogen and oxygen atoms in total. The van der Waals surface area contributed by atoms with Gasteiger partial charge in [0.1, 0.15) is 0 Å². The van der Waals surface area contributed by atoms with Crippen LogP contribution in [0.1, 0.15) is 25.3 Å². The molecule has 1 N–H and O–H groups in total. The molecule has 2 aliphatic rings. The Balaban J connectivity index is 1.66. The van der Waals surface area contributed by atoms with Gasteiger partial charge in [-0.2, -0.15) is 0 Å². The third-order valence-electron chi connectivity index (χ3n) is 4.99. The van der Waals surface area contributed by atoms with E-state index in [2.05, 4.69) is 11.6 Å². The van der Waals surface area contributed by atoms with Gasteiger partial charge in [0.25, 0.3) is 0 Å². The second-order valence-corrected chi connectivity index (χ2v) is 8.57. The van der Waals surface area contributed by atoms with E-state index in [9.17, 15) is 18.0 Å². The molecule has 1 saturated heterocycles. The lowest BCUT2D eigenvalue weighted by molar-refractivity contribution is -0.131. The van der Waals surface area contributed by atoms with Crippen LogP contribution in [0.5, 0.6) is 0 Å². The fraction of sp³-hybridized carbons (Fsp3) is 0.529. The molecular formula is C17H23N3O4S. The number of sulfonamides is 1. The quantitative estimate of drug-likeness (QED) is 0.853. The van der Waals surface area contributed by atoms with Crippen molar-refractivity contribution in [3.63, 3.8) is 0 Å². The summed E-state index contributed by atoms with van der Waals surface area (Å²) in [6.07, 6.45) is 2.09. The van der Waals surface area contributed by atoms with Crippen LogP contribution < -0.4 is 9.62 Å². The van der Waals surface area contributed by atoms with E-state index in [4.69, 9.17) is 0 Å². The van der Waals surface area contributed by atoms with Crippen LogP contribution in [-0.4, -0.2) is 51.8 Å². The number of carbonyl (C=O) groups excluding carboxylic acids is 2. The van der Waals surface area contributed by atoms with Crippen LogP contribution in [0.25, 0.3) is 0 Å². The van der Waals surface area contributed by atoms with Gasteiger partial charge in [-0.05, 0) is 42.5 Å². The maximum atomic E-state index is 12.5. The minimum atomic E-state index is -3.79. The number of likely N-dealkylation sites (N-methyl/N-ethyl adjacent to an activating group) is 1. The summed E-state index contributed by atoms with van der Waals surface area (Å²) >= 11 is 0. The van der Waals surface area contributed by atoms with Crippen molar-refractivity contribution in [3.8, 4) is 0 Å². The molecule has 8 heteroatoms. The first-order valence-corrected chi connectivity index (χ1v) is 9.93. The molecule has 1 fully saturated rings. The van der Waals surface area contributed by atoms with Gasteiger partial charge in [0.05, 0.1) is 17.9 Å². The van der Waals surface area contributed by atoms with Gasteiger partial charge < -0.3 is 9.80 Å². The number of fused-ring (bicyclic) bond motifs is 1. The maximum absolute atomic E-state index is 12.5. The molecule has 0 spiro atoms. The molecule has 0 radical (unpaired) electrons. The van der Waals surface area contributed by atoms with E-state index < -0.39 is 10.0 Å². The van der Waals surface area contributed by atoms with Gasteiger partial charge in [-0.1, -0.05) is 6.92 Å². The summed E-state index contributed by atoms with van der Waals surface area (Å²) in [6, 6.07) is 4.60. The summed E-state index contributed by atoms with van der Waals surface area (Å²) in [6.45, 7) is 3.26. The number of nitrogens with one attached hydrogen (secondary N) is 1. The van der Waals surface area contributed by atoms with E-state index in [-0.39, 0.29) is 29.7 Å². The van der Waals surface area contributed by atoms with Crippen LogP contribution in [-0.2, 0) is 26.0 Å². The fourth-order valence-electron chi connectivity index (χ4n) is 3.22. The number of amides is 2. The fourth-order valence-corrected chi connectivity index (χ4v) is 4.25. The first-order chi connectivity index (χ1) is 11.8. The van der Waals surface area contributed by atoms with Crippen molar-refractivity contribution in [2.24, 2.45) is 5.92 Å². The van der Waals surface area contributed by atoms with Crippen molar-refractivity contribution in [2.45, 2.75) is 31.1 Å². The summed E-state index contributed by atoms with van der Waals surface area (Å²) in [4.78, 5) is 27.2. The van der Waals surface area contributed by atoms with Crippen molar-refractivity contribution < 1.29 is 18.0 Å². The number of likely N-dealkylation sites (tertiary alicyclic amines) is 1. The largest absolute Gasteiger partial charge is 0.342 e. The zero-order valence-corrected chi connectivity index (χ0v) is 15.3. The molecule has 1 aromatic carbocycles. The highest BCUT2D eigenvalue weighted by Gasteiger charge is 2.27. The molecule has 25 heavy (non-hydrogen) atoms. The molecule has 0 aliphatic carbocycles. The number of anilines is 1. The summed E-state index contributed by atoms with van der Waals surface area (Å²) in [7, 11) is -2.12. The average Bonchev–Trinajstić information content (AvgIpc) is 2.87. The van der Waals surface area contributed by atoms with Crippen LogP contribution in [0.15, 0.2) is 23.1 Å². The lowest BCUT2D eigenvalue weighted by Crippen LogP contribution is -2.43. The van der Waals surface area contributed by atoms with E-state index in [1.165, 1.54) is 17.0 Å². The minimum absolute atomic E-state index is 0.0630. The molecule has 1 aromatic rings. The third kappa shape index (κ3) is 3.69. The number of nitrogens with zero attached hydrogens (tertiary/aromatic N) is 2. The highest BCUT2D eigenvalue weighted by atomic mass is 32.2. The molecule has 136 valence electrons. The standard InChI is InChI=1S/C17H23N3O4S/c1-12-5-7-20(8-6-12)17(22)11-18-25(23,24)14-3-4-15-13(9-14)10-16(21)19(15)2/h3-4,9,12,18H,5-8,10-11H2,1-2H3. The smallest absolute Gasteiger partial charge is 0.241 e. The predicted octanol–water partition coefficient (Wildman–Crippen LogP) is 0.742. The number of hydrogen-bond donors (Lipinski definition) is 1. The van der Waals surface area contributed by atoms with Gasteiger partial charge in [0.2, 0.25) is 21.8 Å². The normalized spacial score (nSPS) is 18.6. The molecular weight excluding hydrogens is 342 g/mol. The van der Waals surface area contributed by atoms with Crippen LogP contribution >= 0.6 is 0 Å². The van der Waals surface area contributed by atoms with E-state index >= 15 is 0 Å². The van der Waals surface area contributed by atoms with Crippen molar-refractivity contribution in [3.05, 3.63) is 23.8 Å². The molecule has 2 amide bonds. The van der Waals surface area contributed by atoms with E-state index in [0.29, 0.717) is 24.6 Å². The summed E-state index contributed by atoms with van der Waals surface area (Å²) in [5, 5.41) is 0. The maximum Gasteiger partial charge on any atom is 0.241 e. The van der Waals surface area contributed by atoms with Crippen LogP contribution in [0.3, 0.4) is 0 Å². The van der Waals surface area contributed by atoms with Crippen LogP contribution in [0.2, 0.25) is 0 Å². The highest BCUT2D eigenvalue weighted by molar-refractivity contribution is 7.89. The molecule has 2 heterocycles. The minimum Gasteiger partial charge on any atom is -0.342 e. The Morgan fingerprint density at radius 2 is 1.96 bits per heavy atom.